The maximum absolute atomic E-state index is 13.0. The summed E-state index contributed by atoms with van der Waals surface area (Å²) in [6.07, 6.45) is 5.26. The molecule has 1 atom stereocenters. The van der Waals surface area contributed by atoms with Crippen LogP contribution >= 0.6 is 0 Å². The van der Waals surface area contributed by atoms with E-state index in [4.69, 9.17) is 4.74 Å². The zero-order chi connectivity index (χ0) is 21.3. The minimum Gasteiger partial charge on any atom is -0.443 e. The maximum atomic E-state index is 13.0. The fourth-order valence-electron chi connectivity index (χ4n) is 3.91. The number of anilines is 1. The molecule has 4 rings (SSSR count). The van der Waals surface area contributed by atoms with Crippen LogP contribution in [0.4, 0.5) is 10.6 Å². The normalized spacial score (nSPS) is 18.9. The number of benzene rings is 1. The minimum atomic E-state index is -0.549. The summed E-state index contributed by atoms with van der Waals surface area (Å²) in [7, 11) is 0. The summed E-state index contributed by atoms with van der Waals surface area (Å²) in [4.78, 5) is 33.8. The predicted octanol–water partition coefficient (Wildman–Crippen LogP) is 4.96. The summed E-state index contributed by atoms with van der Waals surface area (Å²) in [5.74, 6) is 0.657. The lowest BCUT2D eigenvalue weighted by Gasteiger charge is -2.28. The quantitative estimate of drug-likeness (QED) is 0.718. The number of carbonyl (C=O) groups is 2. The molecule has 0 N–H and O–H groups in total. The molecule has 158 valence electrons. The number of aromatic nitrogens is 1. The molecule has 6 heteroatoms. The molecule has 1 aliphatic carbocycles. The van der Waals surface area contributed by atoms with E-state index in [9.17, 15) is 9.59 Å². The molecule has 2 fully saturated rings. The SMILES string of the molecule is CC(C)(C)OC(=O)N(c1ccc([C@@H]2CCCN2C(=O)c2ccccc2)cn1)C1CC1. The van der Waals surface area contributed by atoms with Crippen molar-refractivity contribution in [2.75, 3.05) is 11.4 Å². The summed E-state index contributed by atoms with van der Waals surface area (Å²) < 4.78 is 5.58. The van der Waals surface area contributed by atoms with Crippen molar-refractivity contribution in [3.8, 4) is 0 Å². The highest BCUT2D eigenvalue weighted by Gasteiger charge is 2.37. The third kappa shape index (κ3) is 4.48. The molecule has 2 amide bonds. The van der Waals surface area contributed by atoms with Crippen molar-refractivity contribution in [2.24, 2.45) is 0 Å². The van der Waals surface area contributed by atoms with E-state index in [-0.39, 0.29) is 24.1 Å². The molecule has 30 heavy (non-hydrogen) atoms. The first-order valence-corrected chi connectivity index (χ1v) is 10.7. The molecule has 0 unspecified atom stereocenters. The third-order valence-corrected chi connectivity index (χ3v) is 5.44. The number of hydrogen-bond acceptors (Lipinski definition) is 4. The molecule has 2 aromatic rings. The monoisotopic (exact) mass is 407 g/mol. The van der Waals surface area contributed by atoms with Crippen LogP contribution in [0, 0.1) is 0 Å². The Morgan fingerprint density at radius 2 is 1.80 bits per heavy atom. The smallest absolute Gasteiger partial charge is 0.416 e. The van der Waals surface area contributed by atoms with Gasteiger partial charge in [-0.1, -0.05) is 24.3 Å². The van der Waals surface area contributed by atoms with E-state index in [2.05, 4.69) is 4.98 Å². The lowest BCUT2D eigenvalue weighted by atomic mass is 10.1. The number of nitrogens with zero attached hydrogens (tertiary/aromatic N) is 3. The molecule has 2 aliphatic rings. The Balaban J connectivity index is 1.52. The van der Waals surface area contributed by atoms with Gasteiger partial charge in [-0.15, -0.1) is 0 Å². The van der Waals surface area contributed by atoms with E-state index in [0.717, 1.165) is 37.8 Å². The van der Waals surface area contributed by atoms with Crippen LogP contribution in [0.5, 0.6) is 0 Å². The van der Waals surface area contributed by atoms with Crippen molar-refractivity contribution in [3.05, 3.63) is 59.8 Å². The van der Waals surface area contributed by atoms with Gasteiger partial charge in [0.15, 0.2) is 0 Å². The standard InChI is InChI=1S/C24H29N3O3/c1-24(2,3)30-23(29)27(19-12-13-19)21-14-11-18(16-25-21)20-10-7-15-26(20)22(28)17-8-5-4-6-9-17/h4-6,8-9,11,14,16,19-20H,7,10,12-13,15H2,1-3H3/t20-/m0/s1. The Labute approximate surface area is 177 Å². The van der Waals surface area contributed by atoms with Crippen molar-refractivity contribution < 1.29 is 14.3 Å². The topological polar surface area (TPSA) is 62.7 Å². The molecule has 1 aliphatic heterocycles. The third-order valence-electron chi connectivity index (χ3n) is 5.44. The summed E-state index contributed by atoms with van der Waals surface area (Å²) >= 11 is 0. The highest BCUT2D eigenvalue weighted by atomic mass is 16.6. The van der Waals surface area contributed by atoms with Crippen molar-refractivity contribution >= 4 is 17.8 Å². The van der Waals surface area contributed by atoms with Gasteiger partial charge in [0.1, 0.15) is 11.4 Å². The predicted molar refractivity (Wildman–Crippen MR) is 115 cm³/mol. The van der Waals surface area contributed by atoms with Crippen LogP contribution in [-0.4, -0.2) is 40.1 Å². The van der Waals surface area contributed by atoms with E-state index in [1.165, 1.54) is 0 Å². The first-order chi connectivity index (χ1) is 14.3. The van der Waals surface area contributed by atoms with Gasteiger partial charge in [-0.05, 0) is 70.2 Å². The second kappa shape index (κ2) is 8.09. The number of hydrogen-bond donors (Lipinski definition) is 0. The lowest BCUT2D eigenvalue weighted by molar-refractivity contribution is 0.0576. The highest BCUT2D eigenvalue weighted by molar-refractivity contribution is 5.94. The average Bonchev–Trinajstić information content (AvgIpc) is 3.42. The Hall–Kier alpha value is -2.89. The largest absolute Gasteiger partial charge is 0.443 e. The Morgan fingerprint density at radius 3 is 2.40 bits per heavy atom. The van der Waals surface area contributed by atoms with Gasteiger partial charge in [-0.3, -0.25) is 9.69 Å². The minimum absolute atomic E-state index is 0.00941. The summed E-state index contributed by atoms with van der Waals surface area (Å²) in [6.45, 7) is 6.34. The van der Waals surface area contributed by atoms with Gasteiger partial charge in [0.05, 0.1) is 6.04 Å². The first-order valence-electron chi connectivity index (χ1n) is 10.7. The average molecular weight is 408 g/mol. The van der Waals surface area contributed by atoms with E-state index >= 15 is 0 Å². The second-order valence-electron chi connectivity index (χ2n) is 9.05. The van der Waals surface area contributed by atoms with Gasteiger partial charge in [0.25, 0.3) is 5.91 Å². The Morgan fingerprint density at radius 1 is 1.07 bits per heavy atom. The van der Waals surface area contributed by atoms with Gasteiger partial charge in [-0.25, -0.2) is 9.78 Å². The van der Waals surface area contributed by atoms with Gasteiger partial charge in [0, 0.05) is 24.3 Å². The van der Waals surface area contributed by atoms with Gasteiger partial charge >= 0.3 is 6.09 Å². The Bertz CT molecular complexity index is 902. The fourth-order valence-corrected chi connectivity index (χ4v) is 3.91. The van der Waals surface area contributed by atoms with E-state index < -0.39 is 5.60 Å². The molecule has 1 saturated carbocycles. The molecular formula is C24H29N3O3. The zero-order valence-corrected chi connectivity index (χ0v) is 17.9. The fraction of sp³-hybridized carbons (Fsp3) is 0.458. The van der Waals surface area contributed by atoms with Crippen LogP contribution in [0.15, 0.2) is 48.7 Å². The summed E-state index contributed by atoms with van der Waals surface area (Å²) in [5.41, 5.74) is 1.16. The number of amides is 2. The lowest BCUT2D eigenvalue weighted by Crippen LogP contribution is -2.38. The van der Waals surface area contributed by atoms with Crippen molar-refractivity contribution in [2.45, 2.75) is 64.1 Å². The van der Waals surface area contributed by atoms with Crippen LogP contribution in [-0.2, 0) is 4.74 Å². The van der Waals surface area contributed by atoms with Crippen molar-refractivity contribution in [3.63, 3.8) is 0 Å². The van der Waals surface area contributed by atoms with Gasteiger partial charge < -0.3 is 9.64 Å². The molecule has 6 nitrogen and oxygen atoms in total. The van der Waals surface area contributed by atoms with E-state index in [1.807, 2.05) is 68.1 Å². The van der Waals surface area contributed by atoms with E-state index in [0.29, 0.717) is 11.4 Å². The van der Waals surface area contributed by atoms with Crippen LogP contribution in [0.3, 0.4) is 0 Å². The summed E-state index contributed by atoms with van der Waals surface area (Å²) in [5, 5.41) is 0. The maximum Gasteiger partial charge on any atom is 0.416 e. The molecule has 1 saturated heterocycles. The van der Waals surface area contributed by atoms with Crippen LogP contribution in [0.2, 0.25) is 0 Å². The number of ether oxygens (including phenoxy) is 1. The molecule has 1 aromatic carbocycles. The van der Waals surface area contributed by atoms with Gasteiger partial charge in [-0.2, -0.15) is 0 Å². The van der Waals surface area contributed by atoms with Gasteiger partial charge in [0.2, 0.25) is 0 Å². The molecule has 2 heterocycles. The molecule has 1 aromatic heterocycles. The number of carbonyl (C=O) groups excluding carboxylic acids is 2. The highest BCUT2D eigenvalue weighted by Crippen LogP contribution is 2.35. The molecular weight excluding hydrogens is 378 g/mol. The van der Waals surface area contributed by atoms with Crippen LogP contribution < -0.4 is 4.90 Å². The van der Waals surface area contributed by atoms with Crippen molar-refractivity contribution in [1.29, 1.82) is 0 Å². The molecule has 0 bridgehead atoms. The number of likely N-dealkylation sites (tertiary alicyclic amines) is 1. The Kier molecular flexibility index (Phi) is 5.50. The van der Waals surface area contributed by atoms with Crippen LogP contribution in [0.25, 0.3) is 0 Å². The number of rotatable bonds is 4. The second-order valence-corrected chi connectivity index (χ2v) is 9.05. The zero-order valence-electron chi connectivity index (χ0n) is 17.9. The van der Waals surface area contributed by atoms with Crippen LogP contribution in [0.1, 0.15) is 68.4 Å². The summed E-state index contributed by atoms with van der Waals surface area (Å²) in [6, 6.07) is 13.4. The molecule has 0 radical (unpaired) electrons. The number of pyridine rings is 1. The van der Waals surface area contributed by atoms with Crippen molar-refractivity contribution in [1.82, 2.24) is 9.88 Å². The molecule has 0 spiro atoms. The van der Waals surface area contributed by atoms with E-state index in [1.54, 1.807) is 11.1 Å². The first kappa shape index (κ1) is 20.4.